The number of anilines is 1. The molecule has 1 amide bonds. The van der Waals surface area contributed by atoms with Gasteiger partial charge in [0.25, 0.3) is 0 Å². The number of hydrogen-bond acceptors (Lipinski definition) is 3. The normalized spacial score (nSPS) is 11.0. The molecule has 2 aromatic heterocycles. The highest BCUT2D eigenvalue weighted by Gasteiger charge is 2.15. The molecule has 0 spiro atoms. The van der Waals surface area contributed by atoms with Crippen molar-refractivity contribution in [3.8, 4) is 0 Å². The van der Waals surface area contributed by atoms with Crippen molar-refractivity contribution < 1.29 is 4.79 Å². The third-order valence-corrected chi connectivity index (χ3v) is 5.30. The zero-order chi connectivity index (χ0) is 17.9. The van der Waals surface area contributed by atoms with Crippen molar-refractivity contribution in [1.82, 2.24) is 9.55 Å². The molecule has 0 bridgehead atoms. The summed E-state index contributed by atoms with van der Waals surface area (Å²) in [6, 6.07) is 19.2. The van der Waals surface area contributed by atoms with Crippen LogP contribution in [0, 0.1) is 0 Å². The SMILES string of the molecule is O=C(Cn1c(Cc2cccs2)nc2ccccc21)Nc1ccccc1Cl. The summed E-state index contributed by atoms with van der Waals surface area (Å²) in [6.07, 6.45) is 0.700. The molecule has 0 aliphatic carbocycles. The smallest absolute Gasteiger partial charge is 0.244 e. The minimum absolute atomic E-state index is 0.131. The van der Waals surface area contributed by atoms with Crippen LogP contribution in [0.25, 0.3) is 11.0 Å². The van der Waals surface area contributed by atoms with Gasteiger partial charge in [-0.1, -0.05) is 41.9 Å². The first-order valence-corrected chi connectivity index (χ1v) is 9.47. The average Bonchev–Trinajstić information content (AvgIpc) is 3.26. The molecule has 0 unspecified atom stereocenters. The Labute approximate surface area is 160 Å². The van der Waals surface area contributed by atoms with Crippen molar-refractivity contribution in [3.05, 3.63) is 81.8 Å². The van der Waals surface area contributed by atoms with E-state index in [9.17, 15) is 4.79 Å². The number of fused-ring (bicyclic) bond motifs is 1. The van der Waals surface area contributed by atoms with E-state index in [0.717, 1.165) is 16.9 Å². The molecule has 2 heterocycles. The standard InChI is InChI=1S/C20H16ClN3OS/c21-15-7-1-2-8-16(15)23-20(25)13-24-18-10-4-3-9-17(18)22-19(24)12-14-6-5-11-26-14/h1-11H,12-13H2,(H,23,25). The molecule has 0 saturated carbocycles. The number of imidazole rings is 1. The summed E-state index contributed by atoms with van der Waals surface area (Å²) in [7, 11) is 0. The van der Waals surface area contributed by atoms with Crippen LogP contribution >= 0.6 is 22.9 Å². The van der Waals surface area contributed by atoms with E-state index in [0.29, 0.717) is 17.1 Å². The lowest BCUT2D eigenvalue weighted by molar-refractivity contribution is -0.116. The molecule has 26 heavy (non-hydrogen) atoms. The number of hydrogen-bond donors (Lipinski definition) is 1. The number of nitrogens with one attached hydrogen (secondary N) is 1. The summed E-state index contributed by atoms with van der Waals surface area (Å²) in [5.41, 5.74) is 2.46. The van der Waals surface area contributed by atoms with Crippen LogP contribution in [0.5, 0.6) is 0 Å². The van der Waals surface area contributed by atoms with E-state index in [1.807, 2.05) is 52.4 Å². The Balaban J connectivity index is 1.64. The fourth-order valence-electron chi connectivity index (χ4n) is 2.90. The summed E-state index contributed by atoms with van der Waals surface area (Å²) < 4.78 is 1.97. The number of nitrogens with zero attached hydrogens (tertiary/aromatic N) is 2. The molecular weight excluding hydrogens is 366 g/mol. The molecule has 0 radical (unpaired) electrons. The van der Waals surface area contributed by atoms with Gasteiger partial charge in [0.1, 0.15) is 12.4 Å². The van der Waals surface area contributed by atoms with Crippen molar-refractivity contribution in [1.29, 1.82) is 0 Å². The lowest BCUT2D eigenvalue weighted by Gasteiger charge is -2.10. The van der Waals surface area contributed by atoms with Gasteiger partial charge in [-0.25, -0.2) is 4.98 Å². The molecule has 0 saturated heterocycles. The summed E-state index contributed by atoms with van der Waals surface area (Å²) in [4.78, 5) is 18.6. The molecule has 130 valence electrons. The Kier molecular flexibility index (Phi) is 4.73. The molecule has 0 atom stereocenters. The number of amides is 1. The number of halogens is 1. The lowest BCUT2D eigenvalue weighted by Crippen LogP contribution is -2.20. The lowest BCUT2D eigenvalue weighted by atomic mass is 10.3. The quantitative estimate of drug-likeness (QED) is 0.530. The van der Waals surface area contributed by atoms with E-state index in [1.54, 1.807) is 23.5 Å². The minimum Gasteiger partial charge on any atom is -0.323 e. The van der Waals surface area contributed by atoms with Crippen LogP contribution in [0.1, 0.15) is 10.7 Å². The van der Waals surface area contributed by atoms with Gasteiger partial charge in [-0.05, 0) is 35.7 Å². The maximum atomic E-state index is 12.6. The van der Waals surface area contributed by atoms with E-state index in [2.05, 4.69) is 11.4 Å². The van der Waals surface area contributed by atoms with E-state index in [4.69, 9.17) is 16.6 Å². The number of rotatable bonds is 5. The van der Waals surface area contributed by atoms with E-state index >= 15 is 0 Å². The fourth-order valence-corrected chi connectivity index (χ4v) is 3.79. The van der Waals surface area contributed by atoms with Crippen LogP contribution in [0.2, 0.25) is 5.02 Å². The van der Waals surface area contributed by atoms with Crippen LogP contribution in [-0.4, -0.2) is 15.5 Å². The minimum atomic E-state index is -0.131. The van der Waals surface area contributed by atoms with Gasteiger partial charge in [-0.3, -0.25) is 4.79 Å². The van der Waals surface area contributed by atoms with Gasteiger partial charge < -0.3 is 9.88 Å². The van der Waals surface area contributed by atoms with Gasteiger partial charge in [0.2, 0.25) is 5.91 Å². The Morgan fingerprint density at radius 1 is 1.08 bits per heavy atom. The first kappa shape index (κ1) is 16.8. The Bertz CT molecular complexity index is 1060. The van der Waals surface area contributed by atoms with E-state index in [-0.39, 0.29) is 12.5 Å². The van der Waals surface area contributed by atoms with Gasteiger partial charge >= 0.3 is 0 Å². The van der Waals surface area contributed by atoms with E-state index in [1.165, 1.54) is 4.88 Å². The first-order chi connectivity index (χ1) is 12.7. The van der Waals surface area contributed by atoms with Gasteiger partial charge in [0.15, 0.2) is 0 Å². The fraction of sp³-hybridized carbons (Fsp3) is 0.100. The second-order valence-electron chi connectivity index (χ2n) is 5.89. The van der Waals surface area contributed by atoms with Crippen molar-refractivity contribution in [3.63, 3.8) is 0 Å². The van der Waals surface area contributed by atoms with Crippen LogP contribution in [0.15, 0.2) is 66.0 Å². The van der Waals surface area contributed by atoms with Crippen LogP contribution in [0.3, 0.4) is 0 Å². The highest BCUT2D eigenvalue weighted by Crippen LogP contribution is 2.22. The molecule has 0 aliphatic heterocycles. The molecule has 4 rings (SSSR count). The number of carbonyl (C=O) groups is 1. The first-order valence-electron chi connectivity index (χ1n) is 8.21. The summed E-state index contributed by atoms with van der Waals surface area (Å²) >= 11 is 7.83. The maximum Gasteiger partial charge on any atom is 0.244 e. The highest BCUT2D eigenvalue weighted by molar-refractivity contribution is 7.09. The largest absolute Gasteiger partial charge is 0.323 e. The maximum absolute atomic E-state index is 12.6. The summed E-state index contributed by atoms with van der Waals surface area (Å²) in [5, 5.41) is 5.45. The molecule has 4 nitrogen and oxygen atoms in total. The number of aromatic nitrogens is 2. The van der Waals surface area contributed by atoms with E-state index < -0.39 is 0 Å². The molecule has 0 aliphatic rings. The molecule has 0 fully saturated rings. The molecular formula is C20H16ClN3OS. The number of carbonyl (C=O) groups excluding carboxylic acids is 1. The predicted molar refractivity (Wildman–Crippen MR) is 107 cm³/mol. The van der Waals surface area contributed by atoms with Gasteiger partial charge in [-0.2, -0.15) is 0 Å². The van der Waals surface area contributed by atoms with Crippen LogP contribution in [0.4, 0.5) is 5.69 Å². The second kappa shape index (κ2) is 7.32. The number of para-hydroxylation sites is 3. The summed E-state index contributed by atoms with van der Waals surface area (Å²) in [5.74, 6) is 0.747. The van der Waals surface area contributed by atoms with Crippen molar-refractivity contribution >= 4 is 45.6 Å². The van der Waals surface area contributed by atoms with Crippen molar-refractivity contribution in [2.45, 2.75) is 13.0 Å². The average molecular weight is 382 g/mol. The predicted octanol–water partition coefficient (Wildman–Crippen LogP) is 4.98. The zero-order valence-corrected chi connectivity index (χ0v) is 15.4. The van der Waals surface area contributed by atoms with Crippen LogP contribution in [-0.2, 0) is 17.8 Å². The van der Waals surface area contributed by atoms with Gasteiger partial charge in [-0.15, -0.1) is 11.3 Å². The Morgan fingerprint density at radius 2 is 1.88 bits per heavy atom. The molecule has 2 aromatic carbocycles. The number of thiophene rings is 1. The van der Waals surface area contributed by atoms with Crippen molar-refractivity contribution in [2.24, 2.45) is 0 Å². The van der Waals surface area contributed by atoms with Gasteiger partial charge in [0.05, 0.1) is 21.7 Å². The second-order valence-corrected chi connectivity index (χ2v) is 7.33. The highest BCUT2D eigenvalue weighted by atomic mass is 35.5. The van der Waals surface area contributed by atoms with Gasteiger partial charge in [0, 0.05) is 11.3 Å². The third-order valence-electron chi connectivity index (χ3n) is 4.10. The number of benzene rings is 2. The van der Waals surface area contributed by atoms with Crippen LogP contribution < -0.4 is 5.32 Å². The molecule has 6 heteroatoms. The monoisotopic (exact) mass is 381 g/mol. The zero-order valence-electron chi connectivity index (χ0n) is 13.9. The summed E-state index contributed by atoms with van der Waals surface area (Å²) in [6.45, 7) is 0.187. The van der Waals surface area contributed by atoms with Crippen molar-refractivity contribution in [2.75, 3.05) is 5.32 Å². The molecule has 1 N–H and O–H groups in total. The third kappa shape index (κ3) is 3.49. The Morgan fingerprint density at radius 3 is 2.69 bits per heavy atom. The topological polar surface area (TPSA) is 46.9 Å². The Hall–Kier alpha value is -2.63. The molecule has 4 aromatic rings.